The lowest BCUT2D eigenvalue weighted by Gasteiger charge is -2.11. The minimum Gasteiger partial charge on any atom is -0.347 e. The van der Waals surface area contributed by atoms with Crippen LogP contribution in [0.3, 0.4) is 0 Å². The lowest BCUT2D eigenvalue weighted by atomic mass is 10.1. The van der Waals surface area contributed by atoms with Crippen LogP contribution in [0.1, 0.15) is 20.9 Å². The predicted molar refractivity (Wildman–Crippen MR) is 95.6 cm³/mol. The van der Waals surface area contributed by atoms with Gasteiger partial charge in [-0.05, 0) is 32.0 Å². The first-order valence-electron chi connectivity index (χ1n) is 7.69. The van der Waals surface area contributed by atoms with E-state index in [1.54, 1.807) is 38.4 Å². The van der Waals surface area contributed by atoms with Crippen LogP contribution < -0.4 is 5.32 Å². The van der Waals surface area contributed by atoms with Gasteiger partial charge < -0.3 is 14.7 Å². The number of amides is 2. The largest absolute Gasteiger partial charge is 0.347 e. The number of aromatic nitrogens is 2. The first kappa shape index (κ1) is 17.1. The minimum absolute atomic E-state index is 0.0760. The van der Waals surface area contributed by atoms with Crippen molar-refractivity contribution in [2.24, 2.45) is 0 Å². The van der Waals surface area contributed by atoms with Crippen LogP contribution in [-0.2, 0) is 4.79 Å². The number of aryl methyl sites for hydroxylation is 2. The maximum Gasteiger partial charge on any atom is 0.259 e. The van der Waals surface area contributed by atoms with E-state index in [2.05, 4.69) is 15.5 Å². The van der Waals surface area contributed by atoms with Crippen molar-refractivity contribution in [2.75, 3.05) is 20.6 Å². The van der Waals surface area contributed by atoms with Gasteiger partial charge in [-0.15, -0.1) is 11.3 Å². The molecule has 0 radical (unpaired) electrons. The van der Waals surface area contributed by atoms with E-state index < -0.39 is 0 Å². The highest BCUT2D eigenvalue weighted by atomic mass is 32.1. The first-order chi connectivity index (χ1) is 11.9. The number of pyridine rings is 1. The highest BCUT2D eigenvalue weighted by Gasteiger charge is 2.20. The van der Waals surface area contributed by atoms with E-state index in [9.17, 15) is 9.59 Å². The third-order valence-corrected chi connectivity index (χ3v) is 4.78. The molecule has 25 heavy (non-hydrogen) atoms. The van der Waals surface area contributed by atoms with Gasteiger partial charge >= 0.3 is 0 Å². The van der Waals surface area contributed by atoms with Crippen molar-refractivity contribution in [3.63, 3.8) is 0 Å². The number of nitrogens with zero attached hydrogens (tertiary/aromatic N) is 3. The second kappa shape index (κ2) is 6.64. The van der Waals surface area contributed by atoms with Crippen molar-refractivity contribution in [2.45, 2.75) is 13.8 Å². The van der Waals surface area contributed by atoms with Gasteiger partial charge in [0, 0.05) is 19.0 Å². The molecule has 2 amide bonds. The summed E-state index contributed by atoms with van der Waals surface area (Å²) in [4.78, 5) is 32.3. The Balaban J connectivity index is 2.01. The summed E-state index contributed by atoms with van der Waals surface area (Å²) in [6.45, 7) is 3.68. The fourth-order valence-corrected chi connectivity index (χ4v) is 3.21. The summed E-state index contributed by atoms with van der Waals surface area (Å²) in [6.07, 6.45) is 0. The van der Waals surface area contributed by atoms with Gasteiger partial charge in [0.05, 0.1) is 33.8 Å². The highest BCUT2D eigenvalue weighted by Crippen LogP contribution is 2.30. The maximum absolute atomic E-state index is 12.6. The molecule has 3 rings (SSSR count). The molecule has 0 unspecified atom stereocenters. The molecule has 3 aromatic rings. The zero-order valence-corrected chi connectivity index (χ0v) is 15.2. The van der Waals surface area contributed by atoms with Gasteiger partial charge in [-0.3, -0.25) is 9.59 Å². The second-order valence-corrected chi connectivity index (χ2v) is 7.17. The number of likely N-dealkylation sites (N-methyl/N-ethyl adjacent to an activating group) is 1. The summed E-state index contributed by atoms with van der Waals surface area (Å²) in [5, 5.41) is 7.12. The molecule has 0 fully saturated rings. The van der Waals surface area contributed by atoms with E-state index >= 15 is 0 Å². The Morgan fingerprint density at radius 3 is 2.68 bits per heavy atom. The molecular formula is C17H18N4O3S. The Labute approximate surface area is 148 Å². The fraction of sp³-hybridized carbons (Fsp3) is 0.294. The van der Waals surface area contributed by atoms with Gasteiger partial charge in [-0.2, -0.15) is 0 Å². The van der Waals surface area contributed by atoms with E-state index in [-0.39, 0.29) is 18.4 Å². The molecule has 130 valence electrons. The van der Waals surface area contributed by atoms with Crippen LogP contribution in [0, 0.1) is 13.8 Å². The number of hydrogen-bond donors (Lipinski definition) is 1. The van der Waals surface area contributed by atoms with Crippen LogP contribution in [0.15, 0.2) is 22.7 Å². The summed E-state index contributed by atoms with van der Waals surface area (Å²) in [5.74, 6) is -0.543. The van der Waals surface area contributed by atoms with Crippen molar-refractivity contribution in [1.29, 1.82) is 0 Å². The summed E-state index contributed by atoms with van der Waals surface area (Å²) < 4.78 is 5.26. The molecule has 0 saturated carbocycles. The molecule has 7 nitrogen and oxygen atoms in total. The molecule has 8 heteroatoms. The molecule has 0 aliphatic heterocycles. The van der Waals surface area contributed by atoms with Crippen molar-refractivity contribution < 1.29 is 14.1 Å². The molecule has 0 atom stereocenters. The first-order valence-corrected chi connectivity index (χ1v) is 8.50. The SMILES string of the molecule is Cc1ccc(-c2cc(C(=O)NCC(=O)N(C)C)c3c(C)noc3n2)s1. The van der Waals surface area contributed by atoms with Crippen molar-refractivity contribution in [3.05, 3.63) is 34.3 Å². The summed E-state index contributed by atoms with van der Waals surface area (Å²) in [7, 11) is 3.28. The molecular weight excluding hydrogens is 340 g/mol. The second-order valence-electron chi connectivity index (χ2n) is 5.88. The van der Waals surface area contributed by atoms with Gasteiger partial charge in [-0.25, -0.2) is 4.98 Å². The number of hydrogen-bond acceptors (Lipinski definition) is 6. The Hall–Kier alpha value is -2.74. The average molecular weight is 358 g/mol. The monoisotopic (exact) mass is 358 g/mol. The van der Waals surface area contributed by atoms with Crippen LogP contribution >= 0.6 is 11.3 Å². The number of thiophene rings is 1. The van der Waals surface area contributed by atoms with Gasteiger partial charge in [-0.1, -0.05) is 5.16 Å². The number of carbonyl (C=O) groups excluding carboxylic acids is 2. The summed E-state index contributed by atoms with van der Waals surface area (Å²) >= 11 is 1.58. The molecule has 0 aliphatic rings. The van der Waals surface area contributed by atoms with Crippen LogP contribution in [0.4, 0.5) is 0 Å². The quantitative estimate of drug-likeness (QED) is 0.774. The van der Waals surface area contributed by atoms with Crippen molar-refractivity contribution in [3.8, 4) is 10.6 Å². The average Bonchev–Trinajstić information content (AvgIpc) is 3.17. The summed E-state index contributed by atoms with van der Waals surface area (Å²) in [6, 6.07) is 5.66. The van der Waals surface area contributed by atoms with E-state index in [1.807, 2.05) is 19.1 Å². The molecule has 3 heterocycles. The van der Waals surface area contributed by atoms with Crippen LogP contribution in [0.2, 0.25) is 0 Å². The Morgan fingerprint density at radius 1 is 1.28 bits per heavy atom. The molecule has 1 N–H and O–H groups in total. The van der Waals surface area contributed by atoms with Crippen molar-refractivity contribution in [1.82, 2.24) is 20.4 Å². The smallest absolute Gasteiger partial charge is 0.259 e. The molecule has 0 aromatic carbocycles. The van der Waals surface area contributed by atoms with E-state index in [4.69, 9.17) is 4.52 Å². The number of carbonyl (C=O) groups is 2. The highest BCUT2D eigenvalue weighted by molar-refractivity contribution is 7.15. The third kappa shape index (κ3) is 3.39. The molecule has 0 aliphatic carbocycles. The normalized spacial score (nSPS) is 10.9. The van der Waals surface area contributed by atoms with Crippen molar-refractivity contribution >= 4 is 34.3 Å². The van der Waals surface area contributed by atoms with Crippen LogP contribution in [-0.4, -0.2) is 47.5 Å². The van der Waals surface area contributed by atoms with E-state index in [1.165, 1.54) is 4.90 Å². The number of nitrogens with one attached hydrogen (secondary N) is 1. The van der Waals surface area contributed by atoms with Crippen LogP contribution in [0.5, 0.6) is 0 Å². The van der Waals surface area contributed by atoms with Gasteiger partial charge in [0.25, 0.3) is 11.6 Å². The predicted octanol–water partition coefficient (Wildman–Crippen LogP) is 2.39. The molecule has 0 bridgehead atoms. The lowest BCUT2D eigenvalue weighted by Crippen LogP contribution is -2.36. The van der Waals surface area contributed by atoms with Gasteiger partial charge in [0.15, 0.2) is 0 Å². The zero-order valence-electron chi connectivity index (χ0n) is 14.4. The van der Waals surface area contributed by atoms with E-state index in [0.29, 0.717) is 28.1 Å². The minimum atomic E-state index is -0.358. The van der Waals surface area contributed by atoms with E-state index in [0.717, 1.165) is 9.75 Å². The Kier molecular flexibility index (Phi) is 4.54. The topological polar surface area (TPSA) is 88.3 Å². The van der Waals surface area contributed by atoms with Gasteiger partial charge in [0.1, 0.15) is 0 Å². The molecule has 0 saturated heterocycles. The number of fused-ring (bicyclic) bond motifs is 1. The molecule has 0 spiro atoms. The van der Waals surface area contributed by atoms with Gasteiger partial charge in [0.2, 0.25) is 5.91 Å². The lowest BCUT2D eigenvalue weighted by molar-refractivity contribution is -0.127. The Morgan fingerprint density at radius 2 is 2.04 bits per heavy atom. The summed E-state index contributed by atoms with van der Waals surface area (Å²) in [5.41, 5.74) is 1.94. The van der Waals surface area contributed by atoms with Crippen LogP contribution in [0.25, 0.3) is 21.7 Å². The maximum atomic E-state index is 12.6. The standard InChI is InChI=1S/C17H18N4O3S/c1-9-5-6-13(25-9)12-7-11(15-10(2)20-24-17(15)19-12)16(23)18-8-14(22)21(3)4/h5-7H,8H2,1-4H3,(H,18,23). The third-order valence-electron chi connectivity index (χ3n) is 3.75. The Bertz CT molecular complexity index is 958. The number of rotatable bonds is 4. The fourth-order valence-electron chi connectivity index (χ4n) is 2.38. The molecule has 3 aromatic heterocycles. The zero-order chi connectivity index (χ0) is 18.1.